The fourth-order valence-corrected chi connectivity index (χ4v) is 2.17. The maximum Gasteiger partial charge on any atom is 0.323 e. The van der Waals surface area contributed by atoms with Crippen molar-refractivity contribution in [3.05, 3.63) is 0 Å². The summed E-state index contributed by atoms with van der Waals surface area (Å²) in [5.74, 6) is -0.564. The summed E-state index contributed by atoms with van der Waals surface area (Å²) in [5, 5.41) is 3.24. The van der Waals surface area contributed by atoms with Crippen LogP contribution in [0.4, 0.5) is 0 Å². The Morgan fingerprint density at radius 1 is 1.04 bits per heavy atom. The Hall–Kier alpha value is -1.14. The highest BCUT2D eigenvalue weighted by atomic mass is 16.6. The van der Waals surface area contributed by atoms with Gasteiger partial charge in [0.1, 0.15) is 17.2 Å². The molecule has 0 aromatic heterocycles. The molecule has 0 aliphatic heterocycles. The Balaban J connectivity index is 4.29. The molecule has 0 saturated heterocycles. The van der Waals surface area contributed by atoms with Crippen LogP contribution in [0.15, 0.2) is 0 Å². The molecule has 1 N–H and O–H groups in total. The first-order valence-electron chi connectivity index (χ1n) is 8.58. The van der Waals surface area contributed by atoms with Crippen molar-refractivity contribution >= 4 is 11.9 Å². The van der Waals surface area contributed by atoms with Crippen LogP contribution >= 0.6 is 0 Å². The van der Waals surface area contributed by atoms with Gasteiger partial charge in [0, 0.05) is 19.6 Å². The first-order valence-corrected chi connectivity index (χ1v) is 8.58. The molecular formula is C18H35NO5. The number of carbonyl (C=O) groups is 2. The van der Waals surface area contributed by atoms with Crippen molar-refractivity contribution < 1.29 is 23.8 Å². The molecule has 0 aliphatic rings. The van der Waals surface area contributed by atoms with Crippen molar-refractivity contribution in [1.82, 2.24) is 5.32 Å². The summed E-state index contributed by atoms with van der Waals surface area (Å²) < 4.78 is 16.2. The number of carbonyl (C=O) groups excluding carboxylic acids is 2. The summed E-state index contributed by atoms with van der Waals surface area (Å²) in [5.41, 5.74) is -1.15. The van der Waals surface area contributed by atoms with E-state index in [9.17, 15) is 9.59 Å². The number of hydrogen-bond acceptors (Lipinski definition) is 6. The van der Waals surface area contributed by atoms with Gasteiger partial charge in [0.2, 0.25) is 0 Å². The average Bonchev–Trinajstić information content (AvgIpc) is 2.32. The topological polar surface area (TPSA) is 73.9 Å². The van der Waals surface area contributed by atoms with E-state index in [-0.39, 0.29) is 24.0 Å². The Morgan fingerprint density at radius 2 is 1.62 bits per heavy atom. The molecular weight excluding hydrogens is 310 g/mol. The zero-order chi connectivity index (χ0) is 19.0. The van der Waals surface area contributed by atoms with E-state index < -0.39 is 11.2 Å². The molecule has 142 valence electrons. The van der Waals surface area contributed by atoms with Crippen molar-refractivity contribution in [2.75, 3.05) is 13.2 Å². The lowest BCUT2D eigenvalue weighted by atomic mass is 10.1. The standard InChI is InChI=1S/C18H35NO5/c1-13(2)19-15(16(21)24-17(4,5)6)10-9-11-22-12-18(7,8)23-14(3)20/h13,15,19H,9-12H2,1-8H3. The van der Waals surface area contributed by atoms with Gasteiger partial charge in [-0.1, -0.05) is 13.8 Å². The molecule has 0 aliphatic carbocycles. The second kappa shape index (κ2) is 9.99. The van der Waals surface area contributed by atoms with Gasteiger partial charge in [-0.3, -0.25) is 9.59 Å². The Kier molecular flexibility index (Phi) is 9.51. The van der Waals surface area contributed by atoms with E-state index in [1.807, 2.05) is 34.6 Å². The van der Waals surface area contributed by atoms with E-state index in [4.69, 9.17) is 14.2 Å². The van der Waals surface area contributed by atoms with Gasteiger partial charge in [-0.15, -0.1) is 0 Å². The Bertz CT molecular complexity index is 399. The highest BCUT2D eigenvalue weighted by Gasteiger charge is 2.25. The number of nitrogens with one attached hydrogen (secondary N) is 1. The monoisotopic (exact) mass is 345 g/mol. The summed E-state index contributed by atoms with van der Waals surface area (Å²) in [4.78, 5) is 23.2. The predicted octanol–water partition coefficient (Wildman–Crippen LogP) is 2.83. The number of esters is 2. The molecule has 6 nitrogen and oxygen atoms in total. The van der Waals surface area contributed by atoms with Gasteiger partial charge in [-0.25, -0.2) is 0 Å². The first-order chi connectivity index (χ1) is 10.8. The van der Waals surface area contributed by atoms with Gasteiger partial charge in [0.15, 0.2) is 0 Å². The molecule has 6 heteroatoms. The molecule has 24 heavy (non-hydrogen) atoms. The van der Waals surface area contributed by atoms with Crippen LogP contribution in [0, 0.1) is 0 Å². The molecule has 0 radical (unpaired) electrons. The second-order valence-corrected chi connectivity index (χ2v) is 7.96. The number of hydrogen-bond donors (Lipinski definition) is 1. The Morgan fingerprint density at radius 3 is 2.08 bits per heavy atom. The van der Waals surface area contributed by atoms with Crippen LogP contribution in [-0.2, 0) is 23.8 Å². The van der Waals surface area contributed by atoms with Crippen molar-refractivity contribution in [3.63, 3.8) is 0 Å². The number of ether oxygens (including phenoxy) is 3. The van der Waals surface area contributed by atoms with Gasteiger partial charge in [-0.05, 0) is 47.5 Å². The third-order valence-electron chi connectivity index (χ3n) is 2.88. The predicted molar refractivity (Wildman–Crippen MR) is 93.8 cm³/mol. The maximum absolute atomic E-state index is 12.3. The fourth-order valence-electron chi connectivity index (χ4n) is 2.17. The van der Waals surface area contributed by atoms with Crippen LogP contribution in [0.5, 0.6) is 0 Å². The van der Waals surface area contributed by atoms with Gasteiger partial charge < -0.3 is 19.5 Å². The molecule has 0 spiro atoms. The summed E-state index contributed by atoms with van der Waals surface area (Å²) in [6, 6.07) is -0.166. The van der Waals surface area contributed by atoms with Crippen molar-refractivity contribution in [2.45, 2.75) is 91.5 Å². The lowest BCUT2D eigenvalue weighted by molar-refractivity contribution is -0.160. The zero-order valence-electron chi connectivity index (χ0n) is 16.5. The Labute approximate surface area is 146 Å². The van der Waals surface area contributed by atoms with Crippen molar-refractivity contribution in [2.24, 2.45) is 0 Å². The molecule has 1 unspecified atom stereocenters. The molecule has 0 aromatic rings. The minimum absolute atomic E-state index is 0.186. The van der Waals surface area contributed by atoms with Crippen LogP contribution in [0.3, 0.4) is 0 Å². The molecule has 0 fully saturated rings. The quantitative estimate of drug-likeness (QED) is 0.485. The van der Waals surface area contributed by atoms with E-state index in [1.54, 1.807) is 13.8 Å². The molecule has 0 aromatic carbocycles. The van der Waals surface area contributed by atoms with Crippen molar-refractivity contribution in [3.8, 4) is 0 Å². The van der Waals surface area contributed by atoms with Crippen LogP contribution in [-0.4, -0.2) is 48.4 Å². The van der Waals surface area contributed by atoms with Crippen LogP contribution in [0.2, 0.25) is 0 Å². The van der Waals surface area contributed by atoms with E-state index in [0.717, 1.165) is 0 Å². The van der Waals surface area contributed by atoms with Gasteiger partial charge in [-0.2, -0.15) is 0 Å². The highest BCUT2D eigenvalue weighted by molar-refractivity contribution is 5.76. The third-order valence-corrected chi connectivity index (χ3v) is 2.88. The van der Waals surface area contributed by atoms with E-state index >= 15 is 0 Å². The molecule has 0 saturated carbocycles. The van der Waals surface area contributed by atoms with Crippen LogP contribution < -0.4 is 5.32 Å². The van der Waals surface area contributed by atoms with Gasteiger partial charge >= 0.3 is 11.9 Å². The summed E-state index contributed by atoms with van der Waals surface area (Å²) >= 11 is 0. The minimum atomic E-state index is -0.646. The van der Waals surface area contributed by atoms with Gasteiger partial charge in [0.25, 0.3) is 0 Å². The average molecular weight is 345 g/mol. The summed E-state index contributed by atoms with van der Waals surface area (Å²) in [6.07, 6.45) is 1.33. The SMILES string of the molecule is CC(=O)OC(C)(C)COCCCC(NC(C)C)C(=O)OC(C)(C)C. The van der Waals surface area contributed by atoms with E-state index in [2.05, 4.69) is 5.32 Å². The van der Waals surface area contributed by atoms with Crippen LogP contribution in [0.1, 0.15) is 68.2 Å². The molecule has 0 heterocycles. The lowest BCUT2D eigenvalue weighted by Crippen LogP contribution is -2.44. The minimum Gasteiger partial charge on any atom is -0.459 e. The second-order valence-electron chi connectivity index (χ2n) is 7.96. The molecule has 0 amide bonds. The van der Waals surface area contributed by atoms with E-state index in [0.29, 0.717) is 26.1 Å². The normalized spacial score (nSPS) is 13.7. The molecule has 1 atom stereocenters. The van der Waals surface area contributed by atoms with E-state index in [1.165, 1.54) is 6.92 Å². The zero-order valence-corrected chi connectivity index (χ0v) is 16.5. The van der Waals surface area contributed by atoms with Crippen LogP contribution in [0.25, 0.3) is 0 Å². The molecule has 0 rings (SSSR count). The third kappa shape index (κ3) is 12.3. The van der Waals surface area contributed by atoms with Crippen molar-refractivity contribution in [1.29, 1.82) is 0 Å². The highest BCUT2D eigenvalue weighted by Crippen LogP contribution is 2.13. The molecule has 0 bridgehead atoms. The smallest absolute Gasteiger partial charge is 0.323 e. The van der Waals surface area contributed by atoms with Gasteiger partial charge in [0.05, 0.1) is 6.61 Å². The summed E-state index contributed by atoms with van der Waals surface area (Å²) in [7, 11) is 0. The first kappa shape index (κ1) is 22.9. The number of rotatable bonds is 10. The largest absolute Gasteiger partial charge is 0.459 e. The maximum atomic E-state index is 12.3. The lowest BCUT2D eigenvalue weighted by Gasteiger charge is -2.26. The fraction of sp³-hybridized carbons (Fsp3) is 0.889. The summed E-state index contributed by atoms with van der Waals surface area (Å²) in [6.45, 7) is 15.4.